The van der Waals surface area contributed by atoms with Crippen molar-refractivity contribution in [3.63, 3.8) is 0 Å². The van der Waals surface area contributed by atoms with Crippen LogP contribution in [0.1, 0.15) is 16.7 Å². The number of benzene rings is 2. The smallest absolute Gasteiger partial charge is 0.229 e. The molecular weight excluding hydrogens is 356 g/mol. The maximum Gasteiger partial charge on any atom is 0.416 e. The molecule has 0 spiro atoms. The molecule has 1 atom stereocenters. The highest BCUT2D eigenvalue weighted by atomic mass is 32.2. The summed E-state index contributed by atoms with van der Waals surface area (Å²) in [5.74, 6) is 0. The second kappa shape index (κ2) is 6.76. The summed E-state index contributed by atoms with van der Waals surface area (Å²) in [5, 5.41) is 0. The van der Waals surface area contributed by atoms with Gasteiger partial charge in [0.1, 0.15) is 0 Å². The van der Waals surface area contributed by atoms with Crippen LogP contribution < -0.4 is 0 Å². The molecule has 9 heteroatoms. The molecule has 0 aliphatic carbocycles. The number of rotatable bonds is 3. The van der Waals surface area contributed by atoms with Crippen LogP contribution in [0.2, 0.25) is 0 Å². The van der Waals surface area contributed by atoms with Crippen LogP contribution in [-0.2, 0) is 23.3 Å². The minimum Gasteiger partial charge on any atom is -0.229 e. The van der Waals surface area contributed by atoms with Gasteiger partial charge >= 0.3 is 12.4 Å². The van der Waals surface area contributed by atoms with Crippen LogP contribution in [0.3, 0.4) is 0 Å². The quantitative estimate of drug-likeness (QED) is 0.564. The summed E-state index contributed by atoms with van der Waals surface area (Å²) in [7, 11) is -2.40. The Morgan fingerprint density at radius 1 is 0.833 bits per heavy atom. The fraction of sp³-hybridized carbons (Fsp3) is 0.133. The van der Waals surface area contributed by atoms with Gasteiger partial charge in [0, 0.05) is 6.21 Å². The van der Waals surface area contributed by atoms with Crippen molar-refractivity contribution in [1.82, 2.24) is 0 Å². The summed E-state index contributed by atoms with van der Waals surface area (Å²) < 4.78 is 92.0. The molecule has 128 valence electrons. The molecule has 2 aromatic carbocycles. The first-order chi connectivity index (χ1) is 11.1. The van der Waals surface area contributed by atoms with E-state index in [0.717, 1.165) is 6.21 Å². The zero-order valence-electron chi connectivity index (χ0n) is 11.7. The number of hydrogen-bond acceptors (Lipinski definition) is 1. The third-order valence-electron chi connectivity index (χ3n) is 2.86. The molecule has 2 nitrogen and oxygen atoms in total. The Hall–Kier alpha value is -2.16. The van der Waals surface area contributed by atoms with Crippen molar-refractivity contribution in [2.24, 2.45) is 4.40 Å². The second-order valence-corrected chi connectivity index (χ2v) is 5.82. The Morgan fingerprint density at radius 3 is 1.79 bits per heavy atom. The highest BCUT2D eigenvalue weighted by Crippen LogP contribution is 2.37. The molecule has 0 bridgehead atoms. The van der Waals surface area contributed by atoms with E-state index in [4.69, 9.17) is 0 Å². The van der Waals surface area contributed by atoms with Crippen LogP contribution in [0.4, 0.5) is 26.3 Å². The highest BCUT2D eigenvalue weighted by Gasteiger charge is 2.37. The Balaban J connectivity index is 2.41. The molecule has 0 fully saturated rings. The molecule has 24 heavy (non-hydrogen) atoms. The van der Waals surface area contributed by atoms with Crippen LogP contribution in [0, 0.1) is 0 Å². The first-order valence-corrected chi connectivity index (χ1v) is 7.48. The molecule has 0 saturated heterocycles. The minimum atomic E-state index is -5.00. The van der Waals surface area contributed by atoms with Crippen LogP contribution in [0.25, 0.3) is 0 Å². The van der Waals surface area contributed by atoms with Crippen LogP contribution in [-0.4, -0.2) is 10.4 Å². The van der Waals surface area contributed by atoms with Gasteiger partial charge < -0.3 is 0 Å². The Bertz CT molecular complexity index is 736. The standard InChI is InChI=1S/C15H9F6NOS/c16-14(17,18)11-6-12(15(19,20)21)8-13(7-11)24(23)22-9-10-4-2-1-3-5-10/h1-9H/b22-9+. The average Bonchev–Trinajstić information content (AvgIpc) is 2.51. The maximum atomic E-state index is 12.7. The van der Waals surface area contributed by atoms with Gasteiger partial charge in [-0.3, -0.25) is 0 Å². The molecule has 0 heterocycles. The first kappa shape index (κ1) is 18.2. The third-order valence-corrected chi connectivity index (χ3v) is 3.80. The van der Waals surface area contributed by atoms with Crippen molar-refractivity contribution in [1.29, 1.82) is 0 Å². The van der Waals surface area contributed by atoms with E-state index in [9.17, 15) is 30.6 Å². The summed E-state index contributed by atoms with van der Waals surface area (Å²) in [4.78, 5) is -0.677. The zero-order chi connectivity index (χ0) is 18.0. The lowest BCUT2D eigenvalue weighted by Gasteiger charge is -2.13. The van der Waals surface area contributed by atoms with E-state index < -0.39 is 39.4 Å². The van der Waals surface area contributed by atoms with Gasteiger partial charge in [-0.1, -0.05) is 30.3 Å². The number of halogens is 6. The van der Waals surface area contributed by atoms with Crippen molar-refractivity contribution in [2.75, 3.05) is 0 Å². The number of alkyl halides is 6. The molecular formula is C15H9F6NOS. The van der Waals surface area contributed by atoms with Gasteiger partial charge in [-0.25, -0.2) is 4.21 Å². The lowest BCUT2D eigenvalue weighted by Crippen LogP contribution is -2.12. The summed E-state index contributed by atoms with van der Waals surface area (Å²) in [6.07, 6.45) is -8.88. The van der Waals surface area contributed by atoms with Crippen molar-refractivity contribution in [3.8, 4) is 0 Å². The lowest BCUT2D eigenvalue weighted by molar-refractivity contribution is -0.143. The molecule has 1 unspecified atom stereocenters. The van der Waals surface area contributed by atoms with Gasteiger partial charge in [-0.2, -0.15) is 30.7 Å². The fourth-order valence-corrected chi connectivity index (χ4v) is 2.53. The topological polar surface area (TPSA) is 29.4 Å². The van der Waals surface area contributed by atoms with Crippen molar-refractivity contribution < 1.29 is 30.6 Å². The van der Waals surface area contributed by atoms with Gasteiger partial charge in [0.2, 0.25) is 0 Å². The Labute approximate surface area is 135 Å². The monoisotopic (exact) mass is 365 g/mol. The fourth-order valence-electron chi connectivity index (χ4n) is 1.74. The van der Waals surface area contributed by atoms with Gasteiger partial charge in [0.05, 0.1) is 16.0 Å². The normalized spacial score (nSPS) is 14.1. The predicted octanol–water partition coefficient (Wildman–Crippen LogP) is 4.87. The number of hydrogen-bond donors (Lipinski definition) is 0. The Kier molecular flexibility index (Phi) is 5.12. The SMILES string of the molecule is O=S(/N=C/c1ccccc1)c1cc(C(F)(F)F)cc(C(F)(F)F)c1. The molecule has 0 aromatic heterocycles. The third kappa shape index (κ3) is 4.67. The lowest BCUT2D eigenvalue weighted by atomic mass is 10.1. The summed E-state index contributed by atoms with van der Waals surface area (Å²) >= 11 is 0. The molecule has 0 radical (unpaired) electrons. The second-order valence-electron chi connectivity index (χ2n) is 4.64. The van der Waals surface area contributed by atoms with E-state index >= 15 is 0 Å². The van der Waals surface area contributed by atoms with Crippen LogP contribution in [0.5, 0.6) is 0 Å². The zero-order valence-corrected chi connectivity index (χ0v) is 12.5. The van der Waals surface area contributed by atoms with Gasteiger partial charge in [0.25, 0.3) is 0 Å². The first-order valence-electron chi connectivity index (χ1n) is 6.38. The largest absolute Gasteiger partial charge is 0.416 e. The molecule has 0 aliphatic heterocycles. The summed E-state index contributed by atoms with van der Waals surface area (Å²) in [6, 6.07) is 8.95. The van der Waals surface area contributed by atoms with E-state index in [1.54, 1.807) is 30.3 Å². The predicted molar refractivity (Wildman–Crippen MR) is 76.9 cm³/mol. The average molecular weight is 365 g/mol. The van der Waals surface area contributed by atoms with Crippen molar-refractivity contribution in [3.05, 3.63) is 65.2 Å². The summed E-state index contributed by atoms with van der Waals surface area (Å²) in [6.45, 7) is 0. The molecule has 0 N–H and O–H groups in total. The van der Waals surface area contributed by atoms with Gasteiger partial charge in [0.15, 0.2) is 11.0 Å². The van der Waals surface area contributed by atoms with Gasteiger partial charge in [-0.05, 0) is 23.8 Å². The molecule has 0 aliphatic rings. The molecule has 2 rings (SSSR count). The minimum absolute atomic E-state index is 0.0262. The van der Waals surface area contributed by atoms with E-state index in [1.807, 2.05) is 0 Å². The summed E-state index contributed by atoms with van der Waals surface area (Å²) in [5.41, 5.74) is -2.56. The molecule has 2 aromatic rings. The van der Waals surface area contributed by atoms with E-state index in [-0.39, 0.29) is 6.07 Å². The Morgan fingerprint density at radius 2 is 1.33 bits per heavy atom. The molecule has 0 saturated carbocycles. The highest BCUT2D eigenvalue weighted by molar-refractivity contribution is 7.83. The van der Waals surface area contributed by atoms with Crippen molar-refractivity contribution >= 4 is 17.2 Å². The van der Waals surface area contributed by atoms with Crippen molar-refractivity contribution in [2.45, 2.75) is 17.2 Å². The van der Waals surface area contributed by atoms with E-state index in [1.165, 1.54) is 0 Å². The molecule has 0 amide bonds. The van der Waals surface area contributed by atoms with Crippen LogP contribution >= 0.6 is 0 Å². The van der Waals surface area contributed by atoms with Crippen LogP contribution in [0.15, 0.2) is 57.8 Å². The maximum absolute atomic E-state index is 12.7. The van der Waals surface area contributed by atoms with Gasteiger partial charge in [-0.15, -0.1) is 0 Å². The number of nitrogens with zero attached hydrogens (tertiary/aromatic N) is 1. The van der Waals surface area contributed by atoms with E-state index in [2.05, 4.69) is 4.40 Å². The van der Waals surface area contributed by atoms with E-state index in [0.29, 0.717) is 17.7 Å².